The normalized spacial score (nSPS) is 12.5. The van der Waals surface area contributed by atoms with Crippen LogP contribution in [0.2, 0.25) is 0 Å². The van der Waals surface area contributed by atoms with Crippen LogP contribution in [-0.2, 0) is 23.8 Å². The summed E-state index contributed by atoms with van der Waals surface area (Å²) in [6, 6.07) is 0. The van der Waals surface area contributed by atoms with E-state index in [-0.39, 0.29) is 25.2 Å². The summed E-state index contributed by atoms with van der Waals surface area (Å²) < 4.78 is 17.4. The fourth-order valence-corrected chi connectivity index (χ4v) is 7.39. The molecule has 0 aliphatic carbocycles. The average molecular weight is 841 g/mol. The first-order chi connectivity index (χ1) is 29.6. The molecular formula is C55H100O5. The van der Waals surface area contributed by atoms with Gasteiger partial charge in [0.2, 0.25) is 0 Å². The zero-order valence-electron chi connectivity index (χ0n) is 40.2. The van der Waals surface area contributed by atoms with Crippen molar-refractivity contribution in [2.24, 2.45) is 0 Å². The van der Waals surface area contributed by atoms with Gasteiger partial charge >= 0.3 is 11.9 Å². The van der Waals surface area contributed by atoms with Crippen LogP contribution in [0.3, 0.4) is 0 Å². The zero-order valence-corrected chi connectivity index (χ0v) is 40.2. The molecule has 0 amide bonds. The molecule has 0 aliphatic heterocycles. The first-order valence-electron chi connectivity index (χ1n) is 26.2. The number of rotatable bonds is 48. The average Bonchev–Trinajstić information content (AvgIpc) is 3.25. The number of hydrogen-bond acceptors (Lipinski definition) is 5. The second-order valence-electron chi connectivity index (χ2n) is 17.4. The molecule has 0 heterocycles. The van der Waals surface area contributed by atoms with E-state index in [1.807, 2.05) is 0 Å². The highest BCUT2D eigenvalue weighted by Crippen LogP contribution is 2.14. The van der Waals surface area contributed by atoms with Gasteiger partial charge < -0.3 is 14.2 Å². The molecule has 1 atom stereocenters. The molecule has 5 nitrogen and oxygen atoms in total. The van der Waals surface area contributed by atoms with Gasteiger partial charge in [0.15, 0.2) is 6.10 Å². The predicted molar refractivity (Wildman–Crippen MR) is 261 cm³/mol. The minimum absolute atomic E-state index is 0.0797. The Bertz CT molecular complexity index is 997. The third-order valence-corrected chi connectivity index (χ3v) is 11.3. The van der Waals surface area contributed by atoms with E-state index in [4.69, 9.17) is 14.2 Å². The quantitative estimate of drug-likeness (QED) is 0.0347. The van der Waals surface area contributed by atoms with Gasteiger partial charge in [-0.3, -0.25) is 9.59 Å². The molecular weight excluding hydrogens is 741 g/mol. The molecule has 350 valence electrons. The minimum Gasteiger partial charge on any atom is -0.462 e. The van der Waals surface area contributed by atoms with E-state index in [1.54, 1.807) is 0 Å². The number of esters is 2. The lowest BCUT2D eigenvalue weighted by molar-refractivity contribution is -0.163. The van der Waals surface area contributed by atoms with Crippen molar-refractivity contribution in [3.05, 3.63) is 48.6 Å². The van der Waals surface area contributed by atoms with Gasteiger partial charge in [-0.15, -0.1) is 0 Å². The van der Waals surface area contributed by atoms with Crippen LogP contribution in [0.25, 0.3) is 0 Å². The van der Waals surface area contributed by atoms with Gasteiger partial charge in [-0.25, -0.2) is 0 Å². The van der Waals surface area contributed by atoms with Crippen molar-refractivity contribution >= 4 is 11.9 Å². The lowest BCUT2D eigenvalue weighted by atomic mass is 10.1. The molecule has 0 aliphatic rings. The van der Waals surface area contributed by atoms with E-state index in [0.717, 1.165) is 64.2 Å². The number of hydrogen-bond donors (Lipinski definition) is 0. The second-order valence-corrected chi connectivity index (χ2v) is 17.4. The summed E-state index contributed by atoms with van der Waals surface area (Å²) in [6.45, 7) is 7.78. The van der Waals surface area contributed by atoms with E-state index in [9.17, 15) is 9.59 Å². The van der Waals surface area contributed by atoms with E-state index in [0.29, 0.717) is 19.4 Å². The predicted octanol–water partition coefficient (Wildman–Crippen LogP) is 17.6. The molecule has 0 aromatic carbocycles. The summed E-state index contributed by atoms with van der Waals surface area (Å²) >= 11 is 0. The fourth-order valence-electron chi connectivity index (χ4n) is 7.39. The number of carbonyl (C=O) groups is 2. The first kappa shape index (κ1) is 57.9. The van der Waals surface area contributed by atoms with Crippen LogP contribution in [-0.4, -0.2) is 37.9 Å². The van der Waals surface area contributed by atoms with Crippen molar-refractivity contribution in [3.8, 4) is 0 Å². The Kier molecular flexibility index (Phi) is 49.4. The van der Waals surface area contributed by atoms with Gasteiger partial charge in [0, 0.05) is 19.4 Å². The Balaban J connectivity index is 4.23. The van der Waals surface area contributed by atoms with Crippen LogP contribution in [0.5, 0.6) is 0 Å². The maximum Gasteiger partial charge on any atom is 0.306 e. The maximum atomic E-state index is 12.8. The van der Waals surface area contributed by atoms with E-state index < -0.39 is 6.10 Å². The summed E-state index contributed by atoms with van der Waals surface area (Å²) in [4.78, 5) is 25.3. The molecule has 5 heteroatoms. The number of ether oxygens (including phenoxy) is 3. The highest BCUT2D eigenvalue weighted by Gasteiger charge is 2.17. The summed E-state index contributed by atoms with van der Waals surface area (Å²) in [5.41, 5.74) is 0. The van der Waals surface area contributed by atoms with Crippen LogP contribution in [0.15, 0.2) is 48.6 Å². The molecule has 0 radical (unpaired) electrons. The molecule has 0 spiro atoms. The molecule has 0 rings (SSSR count). The standard InChI is InChI=1S/C55H100O5/c1-4-7-10-13-16-19-22-24-25-26-27-28-29-30-32-35-38-41-44-47-50-58-51-53(60-55(57)49-46-43-40-37-33-21-18-15-12-9-6-3)52-59-54(56)48-45-42-39-36-34-31-23-20-17-14-11-8-5-2/h16,19-20,23-25,27-28,53H,4-15,17-18,21-22,26,29-52H2,1-3H3/b19-16-,23-20-,25-24-,28-27-. The van der Waals surface area contributed by atoms with Crippen LogP contribution < -0.4 is 0 Å². The lowest BCUT2D eigenvalue weighted by Crippen LogP contribution is -2.30. The second kappa shape index (κ2) is 51.2. The van der Waals surface area contributed by atoms with Crippen molar-refractivity contribution in [3.63, 3.8) is 0 Å². The molecule has 0 saturated heterocycles. The molecule has 0 bridgehead atoms. The van der Waals surface area contributed by atoms with Crippen molar-refractivity contribution in [2.75, 3.05) is 19.8 Å². The highest BCUT2D eigenvalue weighted by molar-refractivity contribution is 5.70. The van der Waals surface area contributed by atoms with E-state index >= 15 is 0 Å². The Morgan fingerprint density at radius 2 is 0.700 bits per heavy atom. The van der Waals surface area contributed by atoms with Gasteiger partial charge in [-0.05, 0) is 83.5 Å². The molecule has 1 unspecified atom stereocenters. The van der Waals surface area contributed by atoms with Crippen LogP contribution >= 0.6 is 0 Å². The largest absolute Gasteiger partial charge is 0.462 e. The number of carbonyl (C=O) groups excluding carboxylic acids is 2. The number of allylic oxidation sites excluding steroid dienone is 8. The topological polar surface area (TPSA) is 61.8 Å². The van der Waals surface area contributed by atoms with Gasteiger partial charge in [0.25, 0.3) is 0 Å². The lowest BCUT2D eigenvalue weighted by Gasteiger charge is -2.18. The van der Waals surface area contributed by atoms with Crippen molar-refractivity contribution in [2.45, 2.75) is 271 Å². The van der Waals surface area contributed by atoms with E-state index in [1.165, 1.54) is 167 Å². The van der Waals surface area contributed by atoms with Crippen LogP contribution in [0.4, 0.5) is 0 Å². The Hall–Kier alpha value is -2.14. The Morgan fingerprint density at radius 1 is 0.367 bits per heavy atom. The number of unbranched alkanes of at least 4 members (excludes halogenated alkanes) is 29. The van der Waals surface area contributed by atoms with Crippen LogP contribution in [0.1, 0.15) is 265 Å². The molecule has 0 fully saturated rings. The summed E-state index contributed by atoms with van der Waals surface area (Å²) in [5, 5.41) is 0. The first-order valence-corrected chi connectivity index (χ1v) is 26.2. The Labute approximate surface area is 373 Å². The van der Waals surface area contributed by atoms with Gasteiger partial charge in [0.1, 0.15) is 6.61 Å². The van der Waals surface area contributed by atoms with Gasteiger partial charge in [0.05, 0.1) is 6.61 Å². The summed E-state index contributed by atoms with van der Waals surface area (Å²) in [7, 11) is 0. The smallest absolute Gasteiger partial charge is 0.306 e. The fraction of sp³-hybridized carbons (Fsp3) is 0.818. The van der Waals surface area contributed by atoms with Crippen molar-refractivity contribution in [1.29, 1.82) is 0 Å². The minimum atomic E-state index is -0.541. The highest BCUT2D eigenvalue weighted by atomic mass is 16.6. The Morgan fingerprint density at radius 3 is 1.18 bits per heavy atom. The summed E-state index contributed by atoms with van der Waals surface area (Å²) in [5.74, 6) is -0.404. The zero-order chi connectivity index (χ0) is 43.5. The maximum absolute atomic E-state index is 12.8. The summed E-state index contributed by atoms with van der Waals surface area (Å²) in [6.07, 6.45) is 62.6. The van der Waals surface area contributed by atoms with E-state index in [2.05, 4.69) is 69.4 Å². The van der Waals surface area contributed by atoms with Gasteiger partial charge in [-0.1, -0.05) is 217 Å². The van der Waals surface area contributed by atoms with Crippen molar-refractivity contribution < 1.29 is 23.8 Å². The van der Waals surface area contributed by atoms with Crippen LogP contribution in [0, 0.1) is 0 Å². The van der Waals surface area contributed by atoms with Gasteiger partial charge in [-0.2, -0.15) is 0 Å². The third-order valence-electron chi connectivity index (χ3n) is 11.3. The molecule has 0 aromatic heterocycles. The molecule has 60 heavy (non-hydrogen) atoms. The SMILES string of the molecule is CCCCC/C=C\C/C=C\C/C=C\CCCCCCCCCOCC(COC(=O)CCCCCCC/C=C\CCCCCC)OC(=O)CCCCCCCCCCCCC. The molecule has 0 saturated carbocycles. The van der Waals surface area contributed by atoms with Crippen molar-refractivity contribution in [1.82, 2.24) is 0 Å². The molecule has 0 N–H and O–H groups in total. The molecule has 0 aromatic rings. The monoisotopic (exact) mass is 841 g/mol. The third kappa shape index (κ3) is 48.5.